The molecule has 0 aromatic heterocycles. The highest BCUT2D eigenvalue weighted by atomic mass is 32.2. The Morgan fingerprint density at radius 1 is 1.25 bits per heavy atom. The molecular formula is C14H23NO4S. The zero-order valence-corrected chi connectivity index (χ0v) is 13.2. The summed E-state index contributed by atoms with van der Waals surface area (Å²) >= 11 is 0. The summed E-state index contributed by atoms with van der Waals surface area (Å²) in [5.74, 6) is 0.604. The van der Waals surface area contributed by atoms with Gasteiger partial charge in [0.25, 0.3) is 0 Å². The molecule has 5 nitrogen and oxygen atoms in total. The summed E-state index contributed by atoms with van der Waals surface area (Å²) in [6.45, 7) is 5.94. The molecule has 0 radical (unpaired) electrons. The maximum atomic E-state index is 12.0. The molecule has 0 amide bonds. The van der Waals surface area contributed by atoms with Crippen LogP contribution in [0.1, 0.15) is 27.2 Å². The number of ether oxygens (including phenoxy) is 1. The second kappa shape index (κ2) is 6.56. The van der Waals surface area contributed by atoms with Gasteiger partial charge in [-0.1, -0.05) is 20.8 Å². The molecule has 0 saturated heterocycles. The van der Waals surface area contributed by atoms with Crippen LogP contribution in [0.2, 0.25) is 0 Å². The number of sulfonamides is 1. The first-order valence-corrected chi connectivity index (χ1v) is 7.97. The molecule has 0 aliphatic carbocycles. The quantitative estimate of drug-likeness (QED) is 0.839. The van der Waals surface area contributed by atoms with Crippen molar-refractivity contribution in [1.29, 1.82) is 0 Å². The third-order valence-electron chi connectivity index (χ3n) is 3.08. The van der Waals surface area contributed by atoms with E-state index in [9.17, 15) is 13.5 Å². The van der Waals surface area contributed by atoms with E-state index in [1.165, 1.54) is 19.2 Å². The van der Waals surface area contributed by atoms with Gasteiger partial charge in [-0.05, 0) is 36.1 Å². The van der Waals surface area contributed by atoms with E-state index in [1.807, 2.05) is 20.8 Å². The van der Waals surface area contributed by atoms with Crippen LogP contribution >= 0.6 is 0 Å². The average Bonchev–Trinajstić information content (AvgIpc) is 2.37. The van der Waals surface area contributed by atoms with Crippen molar-refractivity contribution < 1.29 is 18.3 Å². The van der Waals surface area contributed by atoms with Crippen molar-refractivity contribution >= 4 is 10.0 Å². The number of hydrogen-bond acceptors (Lipinski definition) is 4. The molecule has 0 fully saturated rings. The topological polar surface area (TPSA) is 75.6 Å². The number of benzene rings is 1. The molecule has 0 saturated carbocycles. The Balaban J connectivity index is 2.61. The van der Waals surface area contributed by atoms with Gasteiger partial charge >= 0.3 is 0 Å². The van der Waals surface area contributed by atoms with Crippen LogP contribution in [-0.2, 0) is 10.0 Å². The summed E-state index contributed by atoms with van der Waals surface area (Å²) in [6.07, 6.45) is -0.181. The van der Waals surface area contributed by atoms with Crippen LogP contribution in [0.25, 0.3) is 0 Å². The first kappa shape index (κ1) is 16.9. The van der Waals surface area contributed by atoms with Crippen LogP contribution in [0.5, 0.6) is 5.75 Å². The number of hydrogen-bond donors (Lipinski definition) is 2. The van der Waals surface area contributed by atoms with E-state index in [2.05, 4.69) is 4.72 Å². The molecule has 6 heteroatoms. The van der Waals surface area contributed by atoms with E-state index < -0.39 is 16.1 Å². The van der Waals surface area contributed by atoms with Crippen molar-refractivity contribution in [3.63, 3.8) is 0 Å². The molecular weight excluding hydrogens is 278 g/mol. The van der Waals surface area contributed by atoms with E-state index in [-0.39, 0.29) is 16.9 Å². The van der Waals surface area contributed by atoms with Crippen LogP contribution in [-0.4, -0.2) is 33.3 Å². The fourth-order valence-electron chi connectivity index (χ4n) is 1.60. The van der Waals surface area contributed by atoms with Gasteiger partial charge < -0.3 is 9.84 Å². The van der Waals surface area contributed by atoms with E-state index in [0.29, 0.717) is 12.2 Å². The molecule has 1 aromatic carbocycles. The van der Waals surface area contributed by atoms with E-state index in [4.69, 9.17) is 4.74 Å². The first-order valence-electron chi connectivity index (χ1n) is 6.48. The van der Waals surface area contributed by atoms with Gasteiger partial charge in [0.1, 0.15) is 5.75 Å². The monoisotopic (exact) mass is 301 g/mol. The highest BCUT2D eigenvalue weighted by Crippen LogP contribution is 2.21. The molecule has 0 heterocycles. The Kier molecular flexibility index (Phi) is 5.56. The van der Waals surface area contributed by atoms with Crippen LogP contribution in [0, 0.1) is 5.41 Å². The first-order chi connectivity index (χ1) is 9.16. The lowest BCUT2D eigenvalue weighted by molar-refractivity contribution is 0.0571. The molecule has 114 valence electrons. The molecule has 0 aliphatic rings. The Hall–Kier alpha value is -1.11. The van der Waals surface area contributed by atoms with Crippen LogP contribution in [0.4, 0.5) is 0 Å². The highest BCUT2D eigenvalue weighted by Gasteiger charge is 2.22. The van der Waals surface area contributed by atoms with Gasteiger partial charge in [-0.25, -0.2) is 13.1 Å². The Labute approximate surface area is 121 Å². The van der Waals surface area contributed by atoms with Gasteiger partial charge in [-0.2, -0.15) is 0 Å². The number of aliphatic hydroxyl groups is 1. The van der Waals surface area contributed by atoms with Gasteiger partial charge in [0.05, 0.1) is 18.1 Å². The van der Waals surface area contributed by atoms with Crippen LogP contribution in [0.3, 0.4) is 0 Å². The van der Waals surface area contributed by atoms with Gasteiger partial charge in [-0.15, -0.1) is 0 Å². The van der Waals surface area contributed by atoms with Gasteiger partial charge in [-0.3, -0.25) is 0 Å². The maximum absolute atomic E-state index is 12.0. The molecule has 0 spiro atoms. The van der Waals surface area contributed by atoms with Crippen molar-refractivity contribution in [2.24, 2.45) is 5.41 Å². The van der Waals surface area contributed by atoms with Gasteiger partial charge in [0.2, 0.25) is 10.0 Å². The van der Waals surface area contributed by atoms with Crippen LogP contribution in [0.15, 0.2) is 29.2 Å². The lowest BCUT2D eigenvalue weighted by Crippen LogP contribution is -2.32. The summed E-state index contributed by atoms with van der Waals surface area (Å²) in [5.41, 5.74) is -0.258. The summed E-state index contributed by atoms with van der Waals surface area (Å²) in [5, 5.41) is 9.87. The van der Waals surface area contributed by atoms with Crippen molar-refractivity contribution in [3.8, 4) is 5.75 Å². The number of aliphatic hydroxyl groups excluding tert-OH is 1. The second-order valence-electron chi connectivity index (χ2n) is 5.74. The fourth-order valence-corrected chi connectivity index (χ4v) is 2.65. The predicted molar refractivity (Wildman–Crippen MR) is 78.3 cm³/mol. The minimum Gasteiger partial charge on any atom is -0.497 e. The third kappa shape index (κ3) is 4.77. The molecule has 0 aliphatic heterocycles. The van der Waals surface area contributed by atoms with E-state index in [0.717, 1.165) is 0 Å². The van der Waals surface area contributed by atoms with Gasteiger partial charge in [0, 0.05) is 6.54 Å². The summed E-state index contributed by atoms with van der Waals surface area (Å²) < 4.78 is 31.5. The highest BCUT2D eigenvalue weighted by molar-refractivity contribution is 7.89. The summed E-state index contributed by atoms with van der Waals surface area (Å²) in [7, 11) is -2.02. The van der Waals surface area contributed by atoms with Crippen LogP contribution < -0.4 is 9.46 Å². The number of methoxy groups -OCH3 is 1. The van der Waals surface area contributed by atoms with Crippen molar-refractivity contribution in [2.75, 3.05) is 13.7 Å². The Bertz CT molecular complexity index is 517. The standard InChI is InChI=1S/C14H23NO4S/c1-14(2,3)13(16)9-10-15-20(17,18)12-7-5-11(19-4)6-8-12/h5-8,13,15-16H,9-10H2,1-4H3. The molecule has 1 aromatic rings. The van der Waals surface area contributed by atoms with Crippen molar-refractivity contribution in [1.82, 2.24) is 4.72 Å². The third-order valence-corrected chi connectivity index (χ3v) is 4.56. The SMILES string of the molecule is COc1ccc(S(=O)(=O)NCCC(O)C(C)(C)C)cc1. The molecule has 1 atom stereocenters. The van der Waals surface area contributed by atoms with Gasteiger partial charge in [0.15, 0.2) is 0 Å². The zero-order chi connectivity index (χ0) is 15.4. The molecule has 1 rings (SSSR count). The maximum Gasteiger partial charge on any atom is 0.240 e. The fraction of sp³-hybridized carbons (Fsp3) is 0.571. The predicted octanol–water partition coefficient (Wildman–Crippen LogP) is 1.77. The summed E-state index contributed by atoms with van der Waals surface area (Å²) in [4.78, 5) is 0.184. The molecule has 2 N–H and O–H groups in total. The lowest BCUT2D eigenvalue weighted by Gasteiger charge is -2.25. The zero-order valence-electron chi connectivity index (χ0n) is 12.4. The lowest BCUT2D eigenvalue weighted by atomic mass is 9.87. The minimum atomic E-state index is -3.54. The molecule has 0 bridgehead atoms. The smallest absolute Gasteiger partial charge is 0.240 e. The van der Waals surface area contributed by atoms with Crippen molar-refractivity contribution in [2.45, 2.75) is 38.2 Å². The molecule has 1 unspecified atom stereocenters. The Morgan fingerprint density at radius 3 is 2.25 bits per heavy atom. The summed E-state index contributed by atoms with van der Waals surface area (Å²) in [6, 6.07) is 6.17. The molecule has 20 heavy (non-hydrogen) atoms. The van der Waals surface area contributed by atoms with Crippen molar-refractivity contribution in [3.05, 3.63) is 24.3 Å². The minimum absolute atomic E-state index is 0.184. The largest absolute Gasteiger partial charge is 0.497 e. The Morgan fingerprint density at radius 2 is 1.80 bits per heavy atom. The number of nitrogens with one attached hydrogen (secondary N) is 1. The van der Waals surface area contributed by atoms with E-state index >= 15 is 0 Å². The van der Waals surface area contributed by atoms with E-state index in [1.54, 1.807) is 12.1 Å². The number of rotatable bonds is 6. The average molecular weight is 301 g/mol. The second-order valence-corrected chi connectivity index (χ2v) is 7.51. The normalized spacial score (nSPS) is 14.1.